The van der Waals surface area contributed by atoms with E-state index in [0.717, 1.165) is 44.5 Å². The molecule has 0 heterocycles. The van der Waals surface area contributed by atoms with E-state index >= 15 is 0 Å². The van der Waals surface area contributed by atoms with Crippen LogP contribution in [0.3, 0.4) is 0 Å². The van der Waals surface area contributed by atoms with Crippen LogP contribution in [0.4, 0.5) is 0 Å². The molecule has 0 aliphatic heterocycles. The van der Waals surface area contributed by atoms with Crippen LogP contribution in [0.25, 0.3) is 32.3 Å². The molecule has 6 aromatic rings. The summed E-state index contributed by atoms with van der Waals surface area (Å²) < 4.78 is 6.24. The van der Waals surface area contributed by atoms with E-state index in [1.165, 1.54) is 60.1 Å². The van der Waals surface area contributed by atoms with Gasteiger partial charge in [-0.15, -0.1) is 0 Å². The Morgan fingerprint density at radius 1 is 0.756 bits per heavy atom. The Hall–Kier alpha value is -4.63. The lowest BCUT2D eigenvalue weighted by Gasteiger charge is -2.35. The summed E-state index contributed by atoms with van der Waals surface area (Å²) in [6.45, 7) is 5.17. The van der Waals surface area contributed by atoms with Crippen LogP contribution in [0.15, 0.2) is 109 Å². The van der Waals surface area contributed by atoms with Gasteiger partial charge in [0.2, 0.25) is 5.91 Å². The quantitative estimate of drug-likeness (QED) is 0.134. The molecule has 0 bridgehead atoms. The summed E-state index contributed by atoms with van der Waals surface area (Å²) in [7, 11) is 0. The normalized spacial score (nSPS) is 16.1. The zero-order valence-corrected chi connectivity index (χ0v) is 26.3. The molecule has 0 spiro atoms. The molecule has 0 saturated carbocycles. The maximum atomic E-state index is 11.8. The number of unbranched alkanes of at least 4 members (excludes halogenated alkanes) is 1. The van der Waals surface area contributed by atoms with E-state index in [9.17, 15) is 4.79 Å². The molecule has 3 heteroatoms. The molecule has 226 valence electrons. The summed E-state index contributed by atoms with van der Waals surface area (Å²) in [5.74, 6) is 1.64. The summed E-state index contributed by atoms with van der Waals surface area (Å²) in [6.07, 6.45) is 5.05. The number of amides is 1. The minimum atomic E-state index is 0.0153. The van der Waals surface area contributed by atoms with E-state index in [1.807, 2.05) is 0 Å². The molecule has 2 atom stereocenters. The van der Waals surface area contributed by atoms with Gasteiger partial charge in [-0.05, 0) is 92.4 Å². The first kappa shape index (κ1) is 29.1. The van der Waals surface area contributed by atoms with Crippen molar-refractivity contribution >= 4 is 38.2 Å². The monoisotopic (exact) mass is 591 g/mol. The van der Waals surface area contributed by atoms with Crippen LogP contribution in [-0.4, -0.2) is 19.1 Å². The fourth-order valence-electron chi connectivity index (χ4n) is 7.57. The van der Waals surface area contributed by atoms with Gasteiger partial charge in [0.25, 0.3) is 0 Å². The van der Waals surface area contributed by atoms with Crippen molar-refractivity contribution in [1.82, 2.24) is 5.32 Å². The van der Waals surface area contributed by atoms with Crippen molar-refractivity contribution < 1.29 is 9.53 Å². The number of carbonyl (C=O) groups excluding carboxylic acids is 1. The van der Waals surface area contributed by atoms with Crippen LogP contribution in [-0.2, 0) is 17.6 Å². The Labute approximate surface area is 266 Å². The molecule has 1 amide bonds. The van der Waals surface area contributed by atoms with Crippen molar-refractivity contribution in [2.75, 3.05) is 13.2 Å². The third-order valence-electron chi connectivity index (χ3n) is 9.74. The number of hydrogen-bond donors (Lipinski definition) is 1. The van der Waals surface area contributed by atoms with Crippen molar-refractivity contribution in [3.8, 4) is 5.75 Å². The van der Waals surface area contributed by atoms with Gasteiger partial charge in [0.1, 0.15) is 5.75 Å². The number of hydrogen-bond acceptors (Lipinski definition) is 2. The summed E-state index contributed by atoms with van der Waals surface area (Å²) >= 11 is 0. The Balaban J connectivity index is 1.40. The predicted molar refractivity (Wildman–Crippen MR) is 188 cm³/mol. The van der Waals surface area contributed by atoms with Crippen molar-refractivity contribution in [3.05, 3.63) is 137 Å². The van der Waals surface area contributed by atoms with Crippen molar-refractivity contribution in [2.45, 2.75) is 57.8 Å². The predicted octanol–water partition coefficient (Wildman–Crippen LogP) is 9.87. The lowest BCUT2D eigenvalue weighted by Crippen LogP contribution is -2.24. The SMILES string of the molecule is CCCCOc1cccc2c1ccc1c3c(ccc12)C(c1ccc2ccccc2c1CCNC(C)=O)CC(c1ccccc1)C3. The Kier molecular flexibility index (Phi) is 8.26. The van der Waals surface area contributed by atoms with Crippen molar-refractivity contribution in [1.29, 1.82) is 0 Å². The van der Waals surface area contributed by atoms with Gasteiger partial charge >= 0.3 is 0 Å². The molecular weight excluding hydrogens is 550 g/mol. The highest BCUT2D eigenvalue weighted by atomic mass is 16.5. The van der Waals surface area contributed by atoms with Gasteiger partial charge in [-0.2, -0.15) is 0 Å². The standard InChI is InChI=1S/C42H41NO2/c1-3-4-25-45-42-16-10-15-33-34-19-20-37-40(35-18-17-30-13-8-9-14-32(30)38(35)23-24-43-28(2)44)26-31(29-11-6-5-7-12-29)27-41(37)36(34)21-22-39(33)42/h5-22,31,40H,3-4,23-27H2,1-2H3,(H,43,44). The third kappa shape index (κ3) is 5.68. The second-order valence-electron chi connectivity index (χ2n) is 12.5. The molecular formula is C42H41NO2. The molecule has 1 aliphatic carbocycles. The lowest BCUT2D eigenvalue weighted by molar-refractivity contribution is -0.118. The molecule has 0 fully saturated rings. The van der Waals surface area contributed by atoms with Crippen LogP contribution in [0.2, 0.25) is 0 Å². The average molecular weight is 592 g/mol. The van der Waals surface area contributed by atoms with Gasteiger partial charge in [-0.25, -0.2) is 0 Å². The van der Waals surface area contributed by atoms with E-state index in [1.54, 1.807) is 6.92 Å². The summed E-state index contributed by atoms with van der Waals surface area (Å²) in [4.78, 5) is 11.8. The maximum Gasteiger partial charge on any atom is 0.216 e. The molecule has 0 radical (unpaired) electrons. The molecule has 7 rings (SSSR count). The first-order valence-corrected chi connectivity index (χ1v) is 16.5. The number of benzene rings is 6. The summed E-state index contributed by atoms with van der Waals surface area (Å²) in [6, 6.07) is 40.2. The Bertz CT molecular complexity index is 1990. The molecule has 45 heavy (non-hydrogen) atoms. The number of nitrogens with one attached hydrogen (secondary N) is 1. The smallest absolute Gasteiger partial charge is 0.216 e. The fraction of sp³-hybridized carbons (Fsp3) is 0.262. The van der Waals surface area contributed by atoms with E-state index in [4.69, 9.17) is 4.74 Å². The van der Waals surface area contributed by atoms with Crippen LogP contribution in [0.5, 0.6) is 5.75 Å². The number of carbonyl (C=O) groups is 1. The first-order chi connectivity index (χ1) is 22.1. The van der Waals surface area contributed by atoms with E-state index in [2.05, 4.69) is 121 Å². The van der Waals surface area contributed by atoms with Gasteiger partial charge in [-0.3, -0.25) is 4.79 Å². The second-order valence-corrected chi connectivity index (χ2v) is 12.5. The van der Waals surface area contributed by atoms with E-state index < -0.39 is 0 Å². The third-order valence-corrected chi connectivity index (χ3v) is 9.74. The van der Waals surface area contributed by atoms with Gasteiger partial charge in [0.15, 0.2) is 0 Å². The number of rotatable bonds is 9. The number of ether oxygens (including phenoxy) is 1. The topological polar surface area (TPSA) is 38.3 Å². The molecule has 1 aliphatic rings. The average Bonchev–Trinajstić information content (AvgIpc) is 3.08. The first-order valence-electron chi connectivity index (χ1n) is 16.5. The second kappa shape index (κ2) is 12.8. The molecule has 6 aromatic carbocycles. The number of fused-ring (bicyclic) bond motifs is 6. The van der Waals surface area contributed by atoms with Gasteiger partial charge < -0.3 is 10.1 Å². The molecule has 0 saturated heterocycles. The van der Waals surface area contributed by atoms with Crippen LogP contribution >= 0.6 is 0 Å². The molecule has 3 nitrogen and oxygen atoms in total. The van der Waals surface area contributed by atoms with Crippen LogP contribution in [0, 0.1) is 0 Å². The van der Waals surface area contributed by atoms with E-state index in [-0.39, 0.29) is 11.8 Å². The van der Waals surface area contributed by atoms with Crippen molar-refractivity contribution in [2.24, 2.45) is 0 Å². The zero-order valence-electron chi connectivity index (χ0n) is 26.3. The Morgan fingerprint density at radius 3 is 2.33 bits per heavy atom. The summed E-state index contributed by atoms with van der Waals surface area (Å²) in [5.41, 5.74) is 7.02. The molecule has 2 unspecified atom stereocenters. The lowest BCUT2D eigenvalue weighted by atomic mass is 9.69. The maximum absolute atomic E-state index is 11.8. The van der Waals surface area contributed by atoms with Gasteiger partial charge in [0.05, 0.1) is 6.61 Å². The van der Waals surface area contributed by atoms with Crippen LogP contribution < -0.4 is 10.1 Å². The highest BCUT2D eigenvalue weighted by Gasteiger charge is 2.32. The molecule has 0 aromatic heterocycles. The van der Waals surface area contributed by atoms with Crippen LogP contribution in [0.1, 0.15) is 72.8 Å². The largest absolute Gasteiger partial charge is 0.493 e. The minimum absolute atomic E-state index is 0.0153. The molecule has 1 N–H and O–H groups in total. The fourth-order valence-corrected chi connectivity index (χ4v) is 7.57. The van der Waals surface area contributed by atoms with Crippen molar-refractivity contribution in [3.63, 3.8) is 0 Å². The van der Waals surface area contributed by atoms with E-state index in [0.29, 0.717) is 12.5 Å². The Morgan fingerprint density at radius 2 is 1.49 bits per heavy atom. The summed E-state index contributed by atoms with van der Waals surface area (Å²) in [5, 5.41) is 10.7. The highest BCUT2D eigenvalue weighted by Crippen LogP contribution is 2.48. The zero-order chi connectivity index (χ0) is 30.8. The van der Waals surface area contributed by atoms with Gasteiger partial charge in [0, 0.05) is 24.8 Å². The minimum Gasteiger partial charge on any atom is -0.493 e. The highest BCUT2D eigenvalue weighted by molar-refractivity contribution is 6.10. The van der Waals surface area contributed by atoms with Gasteiger partial charge in [-0.1, -0.05) is 116 Å².